The van der Waals surface area contributed by atoms with E-state index in [1.165, 1.54) is 12.1 Å². The first-order valence-electron chi connectivity index (χ1n) is 3.76. The fourth-order valence-electron chi connectivity index (χ4n) is 1.32. The van der Waals surface area contributed by atoms with Gasteiger partial charge in [-0.3, -0.25) is 15.2 Å². The molecule has 5 nitrogen and oxygen atoms in total. The van der Waals surface area contributed by atoms with Crippen LogP contribution in [0.4, 0.5) is 5.69 Å². The van der Waals surface area contributed by atoms with Gasteiger partial charge >= 0.3 is 0 Å². The lowest BCUT2D eigenvalue weighted by Gasteiger charge is -1.95. The Morgan fingerprint density at radius 2 is 2.31 bits per heavy atom. The maximum absolute atomic E-state index is 10.5. The third kappa shape index (κ3) is 1.14. The summed E-state index contributed by atoms with van der Waals surface area (Å²) in [5, 5.41) is 17.9. The van der Waals surface area contributed by atoms with E-state index >= 15 is 0 Å². The molecule has 5 heteroatoms. The number of nitrogens with one attached hydrogen (secondary N) is 1. The van der Waals surface area contributed by atoms with Crippen molar-refractivity contribution in [1.82, 2.24) is 10.2 Å². The van der Waals surface area contributed by atoms with Gasteiger partial charge in [0.25, 0.3) is 5.69 Å². The summed E-state index contributed by atoms with van der Waals surface area (Å²) in [5.41, 5.74) is 1.79. The van der Waals surface area contributed by atoms with Gasteiger partial charge in [0.1, 0.15) is 0 Å². The molecule has 13 heavy (non-hydrogen) atoms. The van der Waals surface area contributed by atoms with Gasteiger partial charge < -0.3 is 0 Å². The van der Waals surface area contributed by atoms with E-state index in [0.29, 0.717) is 0 Å². The average molecular weight is 177 g/mol. The van der Waals surface area contributed by atoms with Crippen molar-refractivity contribution in [1.29, 1.82) is 0 Å². The summed E-state index contributed by atoms with van der Waals surface area (Å²) in [6.07, 6.45) is 1.58. The highest BCUT2D eigenvalue weighted by atomic mass is 16.6. The number of fused-ring (bicyclic) bond motifs is 1. The number of aromatic nitrogens is 2. The third-order valence-electron chi connectivity index (χ3n) is 1.94. The van der Waals surface area contributed by atoms with Crippen LogP contribution in [0.1, 0.15) is 5.56 Å². The lowest BCUT2D eigenvalue weighted by atomic mass is 10.1. The summed E-state index contributed by atoms with van der Waals surface area (Å²) in [5.74, 6) is 0. The second-order valence-electron chi connectivity index (χ2n) is 2.85. The first-order chi connectivity index (χ1) is 6.18. The summed E-state index contributed by atoms with van der Waals surface area (Å²) >= 11 is 0. The summed E-state index contributed by atoms with van der Waals surface area (Å²) in [6, 6.07) is 3.03. The standard InChI is InChI=1S/C8H7N3O2/c1-5-2-7(11(12)13)3-6-4-9-10-8(5)6/h2-4H,1H3,(H,9,10). The summed E-state index contributed by atoms with van der Waals surface area (Å²) in [6.45, 7) is 1.81. The third-order valence-corrected chi connectivity index (χ3v) is 1.94. The van der Waals surface area contributed by atoms with Gasteiger partial charge in [-0.25, -0.2) is 0 Å². The number of aryl methyl sites for hydroxylation is 1. The quantitative estimate of drug-likeness (QED) is 0.533. The maximum atomic E-state index is 10.5. The van der Waals surface area contributed by atoms with Crippen LogP contribution in [0.25, 0.3) is 10.9 Å². The van der Waals surface area contributed by atoms with Crippen LogP contribution >= 0.6 is 0 Å². The molecule has 0 aliphatic heterocycles. The van der Waals surface area contributed by atoms with Gasteiger partial charge in [0.05, 0.1) is 16.6 Å². The van der Waals surface area contributed by atoms with Crippen molar-refractivity contribution in [3.05, 3.63) is 34.0 Å². The Balaban J connectivity index is 2.77. The zero-order chi connectivity index (χ0) is 9.42. The summed E-state index contributed by atoms with van der Waals surface area (Å²) in [7, 11) is 0. The van der Waals surface area contributed by atoms with Crippen molar-refractivity contribution in [2.45, 2.75) is 6.92 Å². The Labute approximate surface area is 73.5 Å². The Kier molecular flexibility index (Phi) is 1.51. The van der Waals surface area contributed by atoms with E-state index in [4.69, 9.17) is 0 Å². The number of non-ortho nitro benzene ring substituents is 1. The molecule has 0 atom stereocenters. The Bertz CT molecular complexity index is 475. The van der Waals surface area contributed by atoms with Gasteiger partial charge in [-0.1, -0.05) is 0 Å². The fraction of sp³-hybridized carbons (Fsp3) is 0.125. The molecule has 2 rings (SSSR count). The molecule has 1 aromatic heterocycles. The molecule has 0 saturated heterocycles. The molecule has 0 fully saturated rings. The number of rotatable bonds is 1. The SMILES string of the molecule is Cc1cc([N+](=O)[O-])cc2cn[nH]c12. The highest BCUT2D eigenvalue weighted by Crippen LogP contribution is 2.22. The monoisotopic (exact) mass is 177 g/mol. The molecule has 0 saturated carbocycles. The van der Waals surface area contributed by atoms with Crippen LogP contribution in [0.5, 0.6) is 0 Å². The molecular weight excluding hydrogens is 170 g/mol. The molecule has 0 radical (unpaired) electrons. The lowest BCUT2D eigenvalue weighted by molar-refractivity contribution is -0.384. The topological polar surface area (TPSA) is 71.8 Å². The maximum Gasteiger partial charge on any atom is 0.270 e. The molecule has 0 amide bonds. The number of hydrogen-bond donors (Lipinski definition) is 1. The lowest BCUT2D eigenvalue weighted by Crippen LogP contribution is -1.88. The van der Waals surface area contributed by atoms with Gasteiger partial charge in [0.15, 0.2) is 0 Å². The smallest absolute Gasteiger partial charge is 0.270 e. The highest BCUT2D eigenvalue weighted by molar-refractivity contribution is 5.83. The minimum atomic E-state index is -0.403. The molecule has 0 bridgehead atoms. The van der Waals surface area contributed by atoms with Crippen LogP contribution in [0.2, 0.25) is 0 Å². The molecule has 0 aliphatic carbocycles. The van der Waals surface area contributed by atoms with Crippen LogP contribution < -0.4 is 0 Å². The molecule has 1 aromatic carbocycles. The first-order valence-corrected chi connectivity index (χ1v) is 3.76. The second kappa shape index (κ2) is 2.55. The van der Waals surface area contributed by atoms with Gasteiger partial charge in [0.2, 0.25) is 0 Å². The van der Waals surface area contributed by atoms with Crippen LogP contribution in [0, 0.1) is 17.0 Å². The normalized spacial score (nSPS) is 10.5. The molecule has 1 heterocycles. The zero-order valence-electron chi connectivity index (χ0n) is 6.94. The predicted molar refractivity (Wildman–Crippen MR) is 47.5 cm³/mol. The van der Waals surface area contributed by atoms with Crippen LogP contribution in [-0.2, 0) is 0 Å². The molecule has 66 valence electrons. The zero-order valence-corrected chi connectivity index (χ0v) is 6.94. The number of benzene rings is 1. The van der Waals surface area contributed by atoms with E-state index in [1.54, 1.807) is 6.20 Å². The van der Waals surface area contributed by atoms with E-state index in [-0.39, 0.29) is 5.69 Å². The van der Waals surface area contributed by atoms with Crippen molar-refractivity contribution in [3.8, 4) is 0 Å². The number of nitro groups is 1. The van der Waals surface area contributed by atoms with Gasteiger partial charge in [0, 0.05) is 17.5 Å². The fourth-order valence-corrected chi connectivity index (χ4v) is 1.32. The summed E-state index contributed by atoms with van der Waals surface area (Å²) < 4.78 is 0. The van der Waals surface area contributed by atoms with Crippen LogP contribution in [0.15, 0.2) is 18.3 Å². The highest BCUT2D eigenvalue weighted by Gasteiger charge is 2.09. The minimum Gasteiger partial charge on any atom is -0.278 e. The molecular formula is C8H7N3O2. The Morgan fingerprint density at radius 3 is 3.00 bits per heavy atom. The molecule has 2 aromatic rings. The predicted octanol–water partition coefficient (Wildman–Crippen LogP) is 1.78. The van der Waals surface area contributed by atoms with Gasteiger partial charge in [-0.05, 0) is 12.5 Å². The average Bonchev–Trinajstić information content (AvgIpc) is 2.51. The molecule has 0 aliphatic rings. The Morgan fingerprint density at radius 1 is 1.54 bits per heavy atom. The van der Waals surface area contributed by atoms with Crippen molar-refractivity contribution in [2.24, 2.45) is 0 Å². The van der Waals surface area contributed by atoms with E-state index < -0.39 is 4.92 Å². The number of nitrogens with zero attached hydrogens (tertiary/aromatic N) is 2. The van der Waals surface area contributed by atoms with Crippen molar-refractivity contribution < 1.29 is 4.92 Å². The first kappa shape index (κ1) is 7.72. The number of H-pyrrole nitrogens is 1. The number of hydrogen-bond acceptors (Lipinski definition) is 3. The number of nitro benzene ring substituents is 1. The minimum absolute atomic E-state index is 0.103. The van der Waals surface area contributed by atoms with Crippen molar-refractivity contribution in [3.63, 3.8) is 0 Å². The Hall–Kier alpha value is -1.91. The summed E-state index contributed by atoms with van der Waals surface area (Å²) in [4.78, 5) is 10.1. The van der Waals surface area contributed by atoms with E-state index in [2.05, 4.69) is 10.2 Å². The molecule has 0 spiro atoms. The van der Waals surface area contributed by atoms with Crippen LogP contribution in [-0.4, -0.2) is 15.1 Å². The van der Waals surface area contributed by atoms with E-state index in [0.717, 1.165) is 16.5 Å². The number of aromatic amines is 1. The van der Waals surface area contributed by atoms with Crippen LogP contribution in [0.3, 0.4) is 0 Å². The van der Waals surface area contributed by atoms with Crippen molar-refractivity contribution >= 4 is 16.6 Å². The second-order valence-corrected chi connectivity index (χ2v) is 2.85. The van der Waals surface area contributed by atoms with Gasteiger partial charge in [-0.15, -0.1) is 0 Å². The van der Waals surface area contributed by atoms with E-state index in [9.17, 15) is 10.1 Å². The van der Waals surface area contributed by atoms with E-state index in [1.807, 2.05) is 6.92 Å². The molecule has 1 N–H and O–H groups in total. The molecule has 0 unspecified atom stereocenters. The largest absolute Gasteiger partial charge is 0.278 e. The van der Waals surface area contributed by atoms with Crippen molar-refractivity contribution in [2.75, 3.05) is 0 Å². The van der Waals surface area contributed by atoms with Gasteiger partial charge in [-0.2, -0.15) is 5.10 Å².